The first-order chi connectivity index (χ1) is 6.84. The molecule has 1 saturated heterocycles. The quantitative estimate of drug-likeness (QED) is 0.878. The van der Waals surface area contributed by atoms with Gasteiger partial charge in [0.05, 0.1) is 0 Å². The van der Waals surface area contributed by atoms with Crippen molar-refractivity contribution in [3.8, 4) is 5.75 Å². The Hall–Kier alpha value is -0.540. The van der Waals surface area contributed by atoms with Gasteiger partial charge < -0.3 is 10.1 Å². The smallest absolute Gasteiger partial charge is 0.119 e. The Kier molecular flexibility index (Phi) is 3.43. The van der Waals surface area contributed by atoms with Crippen LogP contribution in [0.25, 0.3) is 0 Å². The van der Waals surface area contributed by atoms with Gasteiger partial charge in [-0.25, -0.2) is 0 Å². The van der Waals surface area contributed by atoms with Gasteiger partial charge in [0.15, 0.2) is 0 Å². The van der Waals surface area contributed by atoms with Crippen molar-refractivity contribution in [2.24, 2.45) is 0 Å². The van der Waals surface area contributed by atoms with Crippen LogP contribution in [-0.4, -0.2) is 19.2 Å². The third-order valence-corrected chi connectivity index (χ3v) is 2.90. The van der Waals surface area contributed by atoms with Gasteiger partial charge in [-0.2, -0.15) is 0 Å². The molecule has 1 heterocycles. The van der Waals surface area contributed by atoms with E-state index < -0.39 is 0 Å². The maximum atomic E-state index is 5.83. The lowest BCUT2D eigenvalue weighted by Crippen LogP contribution is -2.37. The number of hydrogen-bond acceptors (Lipinski definition) is 2. The van der Waals surface area contributed by atoms with E-state index in [-0.39, 0.29) is 0 Å². The van der Waals surface area contributed by atoms with Crippen molar-refractivity contribution in [2.45, 2.75) is 18.9 Å². The predicted octanol–water partition coefficient (Wildman–Crippen LogP) is 2.58. The molecule has 0 aliphatic carbocycles. The van der Waals surface area contributed by atoms with Crippen molar-refractivity contribution < 1.29 is 4.74 Å². The number of piperidine rings is 1. The minimum atomic E-state index is 0.338. The molecule has 1 atom stereocenters. The number of nitrogens with one attached hydrogen (secondary N) is 1. The summed E-state index contributed by atoms with van der Waals surface area (Å²) in [5.74, 6) is 0.960. The van der Waals surface area contributed by atoms with Crippen LogP contribution in [0.2, 0.25) is 0 Å². The molecule has 0 amide bonds. The molecule has 0 bridgehead atoms. The van der Waals surface area contributed by atoms with Crippen molar-refractivity contribution >= 4 is 15.9 Å². The van der Waals surface area contributed by atoms with Crippen molar-refractivity contribution in [3.05, 3.63) is 28.7 Å². The molecular formula is C11H14BrNO. The van der Waals surface area contributed by atoms with E-state index in [1.165, 1.54) is 6.42 Å². The SMILES string of the molecule is Brc1ccc(O[C@H]2CCCNC2)cc1. The van der Waals surface area contributed by atoms with Crippen molar-refractivity contribution in [2.75, 3.05) is 13.1 Å². The number of ether oxygens (including phenoxy) is 1. The molecule has 14 heavy (non-hydrogen) atoms. The summed E-state index contributed by atoms with van der Waals surface area (Å²) in [6.07, 6.45) is 2.70. The fourth-order valence-corrected chi connectivity index (χ4v) is 1.89. The first-order valence-corrected chi connectivity index (χ1v) is 5.77. The zero-order chi connectivity index (χ0) is 9.80. The molecule has 0 radical (unpaired) electrons. The summed E-state index contributed by atoms with van der Waals surface area (Å²) < 4.78 is 6.92. The summed E-state index contributed by atoms with van der Waals surface area (Å²) in [6, 6.07) is 8.01. The van der Waals surface area contributed by atoms with E-state index in [1.807, 2.05) is 24.3 Å². The lowest BCUT2D eigenvalue weighted by molar-refractivity contribution is 0.167. The van der Waals surface area contributed by atoms with E-state index in [9.17, 15) is 0 Å². The lowest BCUT2D eigenvalue weighted by Gasteiger charge is -2.23. The van der Waals surface area contributed by atoms with Crippen molar-refractivity contribution in [1.29, 1.82) is 0 Å². The van der Waals surface area contributed by atoms with Gasteiger partial charge in [0.1, 0.15) is 11.9 Å². The normalized spacial score (nSPS) is 21.9. The standard InChI is InChI=1S/C11H14BrNO/c12-9-3-5-10(6-4-9)14-11-2-1-7-13-8-11/h3-6,11,13H,1-2,7-8H2/t11-/m0/s1. The Balaban J connectivity index is 1.92. The molecule has 0 unspecified atom stereocenters. The van der Waals surface area contributed by atoms with Crippen LogP contribution < -0.4 is 10.1 Å². The zero-order valence-electron chi connectivity index (χ0n) is 8.00. The van der Waals surface area contributed by atoms with Gasteiger partial charge in [0.25, 0.3) is 0 Å². The second kappa shape index (κ2) is 4.80. The van der Waals surface area contributed by atoms with Crippen LogP contribution in [-0.2, 0) is 0 Å². The molecule has 1 aliphatic rings. The summed E-state index contributed by atoms with van der Waals surface area (Å²) >= 11 is 3.40. The van der Waals surface area contributed by atoms with Gasteiger partial charge in [-0.3, -0.25) is 0 Å². The molecule has 2 nitrogen and oxygen atoms in total. The summed E-state index contributed by atoms with van der Waals surface area (Å²) in [6.45, 7) is 2.09. The van der Waals surface area contributed by atoms with Crippen LogP contribution in [0.4, 0.5) is 0 Å². The first-order valence-electron chi connectivity index (χ1n) is 4.97. The van der Waals surface area contributed by atoms with Crippen LogP contribution in [0.1, 0.15) is 12.8 Å². The third-order valence-electron chi connectivity index (χ3n) is 2.37. The predicted molar refractivity (Wildman–Crippen MR) is 60.7 cm³/mol. The minimum absolute atomic E-state index is 0.338. The monoisotopic (exact) mass is 255 g/mol. The topological polar surface area (TPSA) is 21.3 Å². The average molecular weight is 256 g/mol. The van der Waals surface area contributed by atoms with E-state index in [0.29, 0.717) is 6.10 Å². The van der Waals surface area contributed by atoms with E-state index >= 15 is 0 Å². The number of halogens is 1. The highest BCUT2D eigenvalue weighted by molar-refractivity contribution is 9.10. The van der Waals surface area contributed by atoms with Gasteiger partial charge in [0, 0.05) is 11.0 Å². The highest BCUT2D eigenvalue weighted by Gasteiger charge is 2.13. The summed E-state index contributed by atoms with van der Waals surface area (Å²) in [5.41, 5.74) is 0. The van der Waals surface area contributed by atoms with E-state index in [1.54, 1.807) is 0 Å². The lowest BCUT2D eigenvalue weighted by atomic mass is 10.1. The van der Waals surface area contributed by atoms with Crippen LogP contribution in [0, 0.1) is 0 Å². The fraction of sp³-hybridized carbons (Fsp3) is 0.455. The molecule has 1 aromatic carbocycles. The van der Waals surface area contributed by atoms with Gasteiger partial charge in [-0.15, -0.1) is 0 Å². The molecule has 0 saturated carbocycles. The maximum Gasteiger partial charge on any atom is 0.119 e. The average Bonchev–Trinajstić information content (AvgIpc) is 2.23. The second-order valence-electron chi connectivity index (χ2n) is 3.54. The van der Waals surface area contributed by atoms with E-state index in [4.69, 9.17) is 4.74 Å². The molecule has 0 spiro atoms. The molecule has 3 heteroatoms. The van der Waals surface area contributed by atoms with Crippen molar-refractivity contribution in [3.63, 3.8) is 0 Å². The van der Waals surface area contributed by atoms with Gasteiger partial charge in [0.2, 0.25) is 0 Å². The number of benzene rings is 1. The van der Waals surface area contributed by atoms with Gasteiger partial charge in [-0.05, 0) is 43.7 Å². The first kappa shape index (κ1) is 9.99. The molecule has 0 aromatic heterocycles. The summed E-state index contributed by atoms with van der Waals surface area (Å²) in [4.78, 5) is 0. The summed E-state index contributed by atoms with van der Waals surface area (Å²) in [5, 5.41) is 3.33. The Labute approximate surface area is 92.8 Å². The van der Waals surface area contributed by atoms with E-state index in [2.05, 4.69) is 21.2 Å². The molecule has 1 aliphatic heterocycles. The highest BCUT2D eigenvalue weighted by Crippen LogP contribution is 2.18. The Morgan fingerprint density at radius 3 is 2.71 bits per heavy atom. The number of hydrogen-bond donors (Lipinski definition) is 1. The second-order valence-corrected chi connectivity index (χ2v) is 4.46. The van der Waals surface area contributed by atoms with Crippen LogP contribution >= 0.6 is 15.9 Å². The third kappa shape index (κ3) is 2.72. The van der Waals surface area contributed by atoms with Gasteiger partial charge in [-0.1, -0.05) is 15.9 Å². The van der Waals surface area contributed by atoms with Crippen LogP contribution in [0.3, 0.4) is 0 Å². The molecule has 1 aromatic rings. The van der Waals surface area contributed by atoms with E-state index in [0.717, 1.165) is 29.7 Å². The molecule has 2 rings (SSSR count). The Bertz CT molecular complexity index is 280. The highest BCUT2D eigenvalue weighted by atomic mass is 79.9. The maximum absolute atomic E-state index is 5.83. The molecule has 1 fully saturated rings. The summed E-state index contributed by atoms with van der Waals surface area (Å²) in [7, 11) is 0. The van der Waals surface area contributed by atoms with Gasteiger partial charge >= 0.3 is 0 Å². The van der Waals surface area contributed by atoms with Crippen molar-refractivity contribution in [1.82, 2.24) is 5.32 Å². The zero-order valence-corrected chi connectivity index (χ0v) is 9.59. The number of rotatable bonds is 2. The van der Waals surface area contributed by atoms with Crippen LogP contribution in [0.5, 0.6) is 5.75 Å². The minimum Gasteiger partial charge on any atom is -0.489 e. The molecular weight excluding hydrogens is 242 g/mol. The largest absolute Gasteiger partial charge is 0.489 e. The fourth-order valence-electron chi connectivity index (χ4n) is 1.63. The van der Waals surface area contributed by atoms with Crippen LogP contribution in [0.15, 0.2) is 28.7 Å². The Morgan fingerprint density at radius 1 is 1.29 bits per heavy atom. The molecule has 1 N–H and O–H groups in total. The molecule has 76 valence electrons. The Morgan fingerprint density at radius 2 is 2.07 bits per heavy atom.